The third-order valence-electron chi connectivity index (χ3n) is 3.24. The first-order chi connectivity index (χ1) is 8.70. The molecule has 1 fully saturated rings. The Balaban J connectivity index is 2.02. The molecule has 0 N–H and O–H groups in total. The van der Waals surface area contributed by atoms with Gasteiger partial charge in [-0.05, 0) is 19.1 Å². The average Bonchev–Trinajstić information content (AvgIpc) is 2.41. The Bertz CT molecular complexity index is 422. The Kier molecular flexibility index (Phi) is 4.66. The van der Waals surface area contributed by atoms with Crippen molar-refractivity contribution in [2.24, 2.45) is 0 Å². The number of ether oxygens (including phenoxy) is 1. The Morgan fingerprint density at radius 3 is 3.11 bits per heavy atom. The largest absolute Gasteiger partial charge is 0.497 e. The van der Waals surface area contributed by atoms with Crippen LogP contribution in [0.15, 0.2) is 24.3 Å². The van der Waals surface area contributed by atoms with Gasteiger partial charge >= 0.3 is 0 Å². The van der Waals surface area contributed by atoms with Crippen molar-refractivity contribution in [2.45, 2.75) is 13.0 Å². The van der Waals surface area contributed by atoms with Gasteiger partial charge in [0.2, 0.25) is 0 Å². The number of ketones is 1. The van der Waals surface area contributed by atoms with Crippen LogP contribution in [0.3, 0.4) is 0 Å². The summed E-state index contributed by atoms with van der Waals surface area (Å²) in [6.07, 6.45) is 0. The zero-order valence-electron chi connectivity index (χ0n) is 10.9. The van der Waals surface area contributed by atoms with Crippen LogP contribution in [0.2, 0.25) is 0 Å². The second-order valence-corrected chi connectivity index (χ2v) is 5.70. The zero-order valence-corrected chi connectivity index (χ0v) is 11.7. The summed E-state index contributed by atoms with van der Waals surface area (Å²) in [6, 6.07) is 7.87. The highest BCUT2D eigenvalue weighted by molar-refractivity contribution is 7.99. The molecule has 1 aromatic carbocycles. The van der Waals surface area contributed by atoms with Crippen LogP contribution in [0.1, 0.15) is 17.3 Å². The van der Waals surface area contributed by atoms with Crippen molar-refractivity contribution in [3.63, 3.8) is 0 Å². The van der Waals surface area contributed by atoms with Crippen molar-refractivity contribution in [2.75, 3.05) is 31.7 Å². The number of methoxy groups -OCH3 is 1. The van der Waals surface area contributed by atoms with E-state index >= 15 is 0 Å². The summed E-state index contributed by atoms with van der Waals surface area (Å²) in [6.45, 7) is 3.70. The number of benzene rings is 1. The third-order valence-corrected chi connectivity index (χ3v) is 4.43. The Hall–Kier alpha value is -1.00. The lowest BCUT2D eigenvalue weighted by molar-refractivity contribution is 0.0911. The van der Waals surface area contributed by atoms with Crippen LogP contribution in [0.4, 0.5) is 0 Å². The highest BCUT2D eigenvalue weighted by Gasteiger charge is 2.21. The molecule has 0 amide bonds. The molecule has 1 aromatic rings. The Labute approximate surface area is 113 Å². The summed E-state index contributed by atoms with van der Waals surface area (Å²) in [4.78, 5) is 14.5. The van der Waals surface area contributed by atoms with Gasteiger partial charge in [0.15, 0.2) is 5.78 Å². The van der Waals surface area contributed by atoms with Crippen molar-refractivity contribution in [3.05, 3.63) is 29.8 Å². The lowest BCUT2D eigenvalue weighted by atomic mass is 10.1. The quantitative estimate of drug-likeness (QED) is 0.781. The number of carbonyl (C=O) groups excluding carboxylic acids is 1. The topological polar surface area (TPSA) is 29.5 Å². The number of nitrogens with zero attached hydrogens (tertiary/aromatic N) is 1. The van der Waals surface area contributed by atoms with Gasteiger partial charge in [0, 0.05) is 29.7 Å². The maximum Gasteiger partial charge on any atom is 0.176 e. The van der Waals surface area contributed by atoms with Gasteiger partial charge in [0.25, 0.3) is 0 Å². The van der Waals surface area contributed by atoms with E-state index in [0.717, 1.165) is 29.4 Å². The summed E-state index contributed by atoms with van der Waals surface area (Å²) in [5.41, 5.74) is 0.736. The summed E-state index contributed by atoms with van der Waals surface area (Å²) in [5, 5.41) is 0. The van der Waals surface area contributed by atoms with Gasteiger partial charge in [-0.15, -0.1) is 0 Å². The molecule has 98 valence electrons. The molecule has 18 heavy (non-hydrogen) atoms. The van der Waals surface area contributed by atoms with Gasteiger partial charge in [-0.25, -0.2) is 0 Å². The fourth-order valence-electron chi connectivity index (χ4n) is 2.07. The predicted molar refractivity (Wildman–Crippen MR) is 75.7 cm³/mol. The van der Waals surface area contributed by atoms with E-state index in [1.54, 1.807) is 7.11 Å². The number of thioether (sulfide) groups is 1. The van der Waals surface area contributed by atoms with Crippen LogP contribution < -0.4 is 4.74 Å². The Morgan fingerprint density at radius 1 is 1.56 bits per heavy atom. The van der Waals surface area contributed by atoms with Gasteiger partial charge in [-0.3, -0.25) is 9.69 Å². The molecule has 1 atom stereocenters. The first kappa shape index (κ1) is 13.4. The first-order valence-corrected chi connectivity index (χ1v) is 7.35. The second kappa shape index (κ2) is 6.25. The molecule has 0 saturated carbocycles. The smallest absolute Gasteiger partial charge is 0.176 e. The van der Waals surface area contributed by atoms with Gasteiger partial charge in [-0.1, -0.05) is 12.1 Å². The van der Waals surface area contributed by atoms with Crippen LogP contribution in [-0.2, 0) is 0 Å². The highest BCUT2D eigenvalue weighted by atomic mass is 32.2. The molecule has 3 nitrogen and oxygen atoms in total. The van der Waals surface area contributed by atoms with Gasteiger partial charge in [0.05, 0.1) is 13.7 Å². The fourth-order valence-corrected chi connectivity index (χ4v) is 3.15. The molecule has 2 rings (SSSR count). The molecule has 1 unspecified atom stereocenters. The van der Waals surface area contributed by atoms with Gasteiger partial charge in [0.1, 0.15) is 5.75 Å². The Morgan fingerprint density at radius 2 is 2.39 bits per heavy atom. The van der Waals surface area contributed by atoms with Crippen molar-refractivity contribution in [3.8, 4) is 5.75 Å². The number of rotatable bonds is 4. The van der Waals surface area contributed by atoms with E-state index in [-0.39, 0.29) is 5.78 Å². The lowest BCUT2D eigenvalue weighted by Crippen LogP contribution is -2.43. The van der Waals surface area contributed by atoms with Gasteiger partial charge in [-0.2, -0.15) is 11.8 Å². The van der Waals surface area contributed by atoms with Crippen molar-refractivity contribution >= 4 is 17.5 Å². The molecular formula is C14H19NO2S. The molecule has 4 heteroatoms. The van der Waals surface area contributed by atoms with E-state index in [1.807, 2.05) is 36.0 Å². The molecular weight excluding hydrogens is 246 g/mol. The number of hydrogen-bond acceptors (Lipinski definition) is 4. The minimum Gasteiger partial charge on any atom is -0.497 e. The second-order valence-electron chi connectivity index (χ2n) is 4.55. The average molecular weight is 265 g/mol. The third kappa shape index (κ3) is 3.27. The highest BCUT2D eigenvalue weighted by Crippen LogP contribution is 2.18. The van der Waals surface area contributed by atoms with Crippen molar-refractivity contribution in [1.29, 1.82) is 0 Å². The molecule has 0 aliphatic carbocycles. The molecule has 1 aliphatic heterocycles. The van der Waals surface area contributed by atoms with E-state index < -0.39 is 0 Å². The standard InChI is InChI=1S/C14H19NO2S/c1-11-10-18-7-6-15(11)9-14(16)12-4-3-5-13(8-12)17-2/h3-5,8,11H,6-7,9-10H2,1-2H3. The molecule has 0 aromatic heterocycles. The van der Waals surface area contributed by atoms with Crippen molar-refractivity contribution < 1.29 is 9.53 Å². The van der Waals surface area contributed by atoms with Crippen LogP contribution in [0.5, 0.6) is 5.75 Å². The van der Waals surface area contributed by atoms with E-state index in [2.05, 4.69) is 11.8 Å². The molecule has 0 radical (unpaired) electrons. The minimum absolute atomic E-state index is 0.174. The van der Waals surface area contributed by atoms with E-state index in [0.29, 0.717) is 12.6 Å². The monoisotopic (exact) mass is 265 g/mol. The minimum atomic E-state index is 0.174. The number of Topliss-reactive ketones (excluding diaryl/α,β-unsaturated/α-hetero) is 1. The van der Waals surface area contributed by atoms with Crippen LogP contribution in [0, 0.1) is 0 Å². The molecule has 0 spiro atoms. The summed E-state index contributed by atoms with van der Waals surface area (Å²) < 4.78 is 5.15. The van der Waals surface area contributed by atoms with E-state index in [1.165, 1.54) is 0 Å². The van der Waals surface area contributed by atoms with E-state index in [4.69, 9.17) is 4.74 Å². The molecule has 0 bridgehead atoms. The summed E-state index contributed by atoms with van der Waals surface area (Å²) in [7, 11) is 1.62. The first-order valence-electron chi connectivity index (χ1n) is 6.20. The molecule has 1 aliphatic rings. The number of carbonyl (C=O) groups is 1. The van der Waals surface area contributed by atoms with Crippen molar-refractivity contribution in [1.82, 2.24) is 4.90 Å². The predicted octanol–water partition coefficient (Wildman–Crippen LogP) is 2.32. The fraction of sp³-hybridized carbons (Fsp3) is 0.500. The molecule has 1 saturated heterocycles. The van der Waals surface area contributed by atoms with Crippen LogP contribution in [0.25, 0.3) is 0 Å². The molecule has 1 heterocycles. The maximum absolute atomic E-state index is 12.2. The normalized spacial score (nSPS) is 20.7. The number of hydrogen-bond donors (Lipinski definition) is 0. The lowest BCUT2D eigenvalue weighted by Gasteiger charge is -2.32. The van der Waals surface area contributed by atoms with Crippen LogP contribution >= 0.6 is 11.8 Å². The maximum atomic E-state index is 12.2. The van der Waals surface area contributed by atoms with Gasteiger partial charge < -0.3 is 4.74 Å². The van der Waals surface area contributed by atoms with E-state index in [9.17, 15) is 4.79 Å². The SMILES string of the molecule is COc1cccc(C(=O)CN2CCSCC2C)c1. The summed E-state index contributed by atoms with van der Waals surface area (Å²) in [5.74, 6) is 3.15. The summed E-state index contributed by atoms with van der Waals surface area (Å²) >= 11 is 1.96. The zero-order chi connectivity index (χ0) is 13.0. The van der Waals surface area contributed by atoms with Crippen LogP contribution in [-0.4, -0.2) is 48.4 Å².